The molecule has 2 heterocycles. The lowest BCUT2D eigenvalue weighted by atomic mass is 9.75. The number of nitrogens with zero attached hydrogens (tertiary/aromatic N) is 1. The third kappa shape index (κ3) is 2.32. The maximum Gasteiger partial charge on any atom is 0.302 e. The molecule has 1 aliphatic carbocycles. The summed E-state index contributed by atoms with van der Waals surface area (Å²) in [4.78, 5) is 15.7. The molecule has 0 radical (unpaired) electrons. The summed E-state index contributed by atoms with van der Waals surface area (Å²) in [7, 11) is 1.49. The van der Waals surface area contributed by atoms with Crippen molar-refractivity contribution < 1.29 is 14.5 Å². The Kier molecular flexibility index (Phi) is 3.85. The number of allylic oxidation sites excluding steroid dienone is 2. The van der Waals surface area contributed by atoms with E-state index in [-0.39, 0.29) is 11.7 Å². The minimum Gasteiger partial charge on any atom is -0.465 e. The number of hydrogen-bond donors (Lipinski definition) is 2. The van der Waals surface area contributed by atoms with Gasteiger partial charge in [-0.3, -0.25) is 10.5 Å². The predicted octanol–water partition coefficient (Wildman–Crippen LogP) is 2.53. The molecule has 0 unspecified atom stereocenters. The maximum atomic E-state index is 12.8. The number of carbonyl (C=O) groups is 1. The fourth-order valence-electron chi connectivity index (χ4n) is 3.93. The average molecular weight is 347 g/mol. The summed E-state index contributed by atoms with van der Waals surface area (Å²) >= 11 is 0. The molecular weight excluding hydrogens is 328 g/mol. The van der Waals surface area contributed by atoms with E-state index < -0.39 is 0 Å². The molecule has 0 fully saturated rings. The van der Waals surface area contributed by atoms with Gasteiger partial charge < -0.3 is 10.1 Å². The van der Waals surface area contributed by atoms with E-state index in [9.17, 15) is 10.1 Å². The number of anilines is 2. The highest BCUT2D eigenvalue weighted by Gasteiger charge is 2.40. The molecule has 6 nitrogen and oxygen atoms in total. The summed E-state index contributed by atoms with van der Waals surface area (Å²) in [5.74, 6) is 0.535. The Labute approximate surface area is 151 Å². The van der Waals surface area contributed by atoms with Gasteiger partial charge in [0.2, 0.25) is 0 Å². The zero-order chi connectivity index (χ0) is 18.3. The van der Waals surface area contributed by atoms with Gasteiger partial charge in [0, 0.05) is 23.6 Å². The lowest BCUT2D eigenvalue weighted by Gasteiger charge is -2.33. The van der Waals surface area contributed by atoms with Crippen molar-refractivity contribution in [3.05, 3.63) is 58.3 Å². The van der Waals surface area contributed by atoms with Gasteiger partial charge in [-0.25, -0.2) is 4.98 Å². The highest BCUT2D eigenvalue weighted by molar-refractivity contribution is 6.02. The second-order valence-corrected chi connectivity index (χ2v) is 6.49. The van der Waals surface area contributed by atoms with Gasteiger partial charge in [-0.05, 0) is 18.4 Å². The lowest BCUT2D eigenvalue weighted by molar-refractivity contribution is -0.376. The monoisotopic (exact) mass is 347 g/mol. The Balaban J connectivity index is 2.04. The first-order valence-corrected chi connectivity index (χ1v) is 8.56. The zero-order valence-electron chi connectivity index (χ0n) is 14.4. The topological polar surface area (TPSA) is 102 Å². The number of benzene rings is 1. The van der Waals surface area contributed by atoms with E-state index in [2.05, 4.69) is 16.4 Å². The SMILES string of the molecule is COc1[nH+]c(N)c2c(c1C#N)NC1=C(C(=O)CCC1)[C@H]2c1ccccc1. The molecule has 0 saturated carbocycles. The molecular formula is C20H19N4O2+. The number of rotatable bonds is 2. The van der Waals surface area contributed by atoms with Crippen LogP contribution in [0.1, 0.15) is 41.9 Å². The van der Waals surface area contributed by atoms with E-state index in [0.717, 1.165) is 35.2 Å². The molecule has 1 aliphatic heterocycles. The van der Waals surface area contributed by atoms with Crippen molar-refractivity contribution in [2.24, 2.45) is 0 Å². The first-order chi connectivity index (χ1) is 12.7. The van der Waals surface area contributed by atoms with Crippen LogP contribution in [-0.2, 0) is 4.79 Å². The van der Waals surface area contributed by atoms with Gasteiger partial charge in [0.25, 0.3) is 5.82 Å². The van der Waals surface area contributed by atoms with Gasteiger partial charge in [0.1, 0.15) is 6.07 Å². The number of H-pyrrole nitrogens is 1. The Bertz CT molecular complexity index is 974. The van der Waals surface area contributed by atoms with Crippen LogP contribution in [0.4, 0.5) is 11.5 Å². The highest BCUT2D eigenvalue weighted by Crippen LogP contribution is 2.48. The normalized spacial score (nSPS) is 18.5. The predicted molar refractivity (Wildman–Crippen MR) is 96.5 cm³/mol. The molecule has 1 aromatic heterocycles. The molecule has 0 bridgehead atoms. The number of Topliss-reactive ketones (excluding diaryl/α,β-unsaturated/α-hetero) is 1. The van der Waals surface area contributed by atoms with Crippen LogP contribution in [0, 0.1) is 11.3 Å². The number of carbonyl (C=O) groups excluding carboxylic acids is 1. The van der Waals surface area contributed by atoms with Crippen molar-refractivity contribution in [3.63, 3.8) is 0 Å². The Morgan fingerprint density at radius 3 is 2.77 bits per heavy atom. The number of hydrogen-bond acceptors (Lipinski definition) is 5. The van der Waals surface area contributed by atoms with Crippen molar-refractivity contribution in [3.8, 4) is 11.9 Å². The third-order valence-electron chi connectivity index (χ3n) is 5.04. The number of methoxy groups -OCH3 is 1. The van der Waals surface area contributed by atoms with Crippen LogP contribution in [-0.4, -0.2) is 12.9 Å². The maximum absolute atomic E-state index is 12.8. The first-order valence-electron chi connectivity index (χ1n) is 8.56. The fraction of sp³-hybridized carbons (Fsp3) is 0.250. The smallest absolute Gasteiger partial charge is 0.302 e. The van der Waals surface area contributed by atoms with Crippen LogP contribution in [0.5, 0.6) is 5.88 Å². The van der Waals surface area contributed by atoms with Crippen LogP contribution >= 0.6 is 0 Å². The summed E-state index contributed by atoms with van der Waals surface area (Å²) in [5.41, 5.74) is 10.6. The molecule has 0 amide bonds. The highest BCUT2D eigenvalue weighted by atomic mass is 16.5. The lowest BCUT2D eigenvalue weighted by Crippen LogP contribution is -2.31. The molecule has 4 rings (SSSR count). The van der Waals surface area contributed by atoms with E-state index in [1.807, 2.05) is 30.3 Å². The third-order valence-corrected chi connectivity index (χ3v) is 5.04. The number of ketones is 1. The van der Waals surface area contributed by atoms with E-state index >= 15 is 0 Å². The average Bonchev–Trinajstić information content (AvgIpc) is 2.67. The molecule has 1 atom stereocenters. The van der Waals surface area contributed by atoms with Crippen molar-refractivity contribution in [1.29, 1.82) is 5.26 Å². The Morgan fingerprint density at radius 2 is 2.08 bits per heavy atom. The van der Waals surface area contributed by atoms with Crippen LogP contribution in [0.15, 0.2) is 41.6 Å². The molecule has 4 N–H and O–H groups in total. The molecule has 26 heavy (non-hydrogen) atoms. The standard InChI is InChI=1S/C20H18N4O2/c1-26-20-12(10-21)18-17(19(22)24-20)15(11-6-3-2-4-7-11)16-13(23-18)8-5-9-14(16)25/h2-4,6-7,15,23H,5,8-9H2,1H3,(H2,22,24)/p+1/t15-/m1/s1. The van der Waals surface area contributed by atoms with Crippen molar-refractivity contribution >= 4 is 17.3 Å². The summed E-state index contributed by atoms with van der Waals surface area (Å²) < 4.78 is 5.30. The van der Waals surface area contributed by atoms with Crippen molar-refractivity contribution in [2.45, 2.75) is 25.2 Å². The molecule has 0 spiro atoms. The number of nitrogens with one attached hydrogen (secondary N) is 2. The van der Waals surface area contributed by atoms with Gasteiger partial charge in [-0.15, -0.1) is 0 Å². The first kappa shape index (κ1) is 16.2. The van der Waals surface area contributed by atoms with Gasteiger partial charge in [-0.2, -0.15) is 5.26 Å². The van der Waals surface area contributed by atoms with Gasteiger partial charge in [-0.1, -0.05) is 30.3 Å². The van der Waals surface area contributed by atoms with Crippen LogP contribution in [0.25, 0.3) is 0 Å². The summed E-state index contributed by atoms with van der Waals surface area (Å²) in [6.07, 6.45) is 2.11. The largest absolute Gasteiger partial charge is 0.465 e. The van der Waals surface area contributed by atoms with E-state index in [1.54, 1.807) is 0 Å². The number of fused-ring (bicyclic) bond motifs is 1. The van der Waals surface area contributed by atoms with Crippen LogP contribution in [0.2, 0.25) is 0 Å². The number of aromatic nitrogens is 1. The molecule has 2 aromatic rings. The zero-order valence-corrected chi connectivity index (χ0v) is 14.4. The summed E-state index contributed by atoms with van der Waals surface area (Å²) in [6, 6.07) is 12.0. The molecule has 6 heteroatoms. The minimum atomic E-state index is -0.301. The fourth-order valence-corrected chi connectivity index (χ4v) is 3.93. The number of nitrogen functional groups attached to an aromatic ring is 1. The molecule has 2 aliphatic rings. The van der Waals surface area contributed by atoms with Crippen LogP contribution in [0.3, 0.4) is 0 Å². The quantitative estimate of drug-likeness (QED) is 0.869. The minimum absolute atomic E-state index is 0.131. The summed E-state index contributed by atoms with van der Waals surface area (Å²) in [5, 5.41) is 13.0. The Hall–Kier alpha value is -3.33. The van der Waals surface area contributed by atoms with Crippen molar-refractivity contribution in [1.82, 2.24) is 0 Å². The van der Waals surface area contributed by atoms with Gasteiger partial charge >= 0.3 is 5.88 Å². The van der Waals surface area contributed by atoms with E-state index in [0.29, 0.717) is 29.4 Å². The van der Waals surface area contributed by atoms with Gasteiger partial charge in [0.05, 0.1) is 18.4 Å². The molecule has 1 aromatic carbocycles. The number of nitriles is 1. The van der Waals surface area contributed by atoms with Gasteiger partial charge in [0.15, 0.2) is 11.3 Å². The second-order valence-electron chi connectivity index (χ2n) is 6.49. The van der Waals surface area contributed by atoms with E-state index in [1.165, 1.54) is 7.11 Å². The number of pyridine rings is 1. The van der Waals surface area contributed by atoms with Crippen LogP contribution < -0.4 is 20.8 Å². The van der Waals surface area contributed by atoms with E-state index in [4.69, 9.17) is 10.5 Å². The number of ether oxygens (including phenoxy) is 1. The summed E-state index contributed by atoms with van der Waals surface area (Å²) in [6.45, 7) is 0. The molecule has 0 saturated heterocycles. The Morgan fingerprint density at radius 1 is 1.31 bits per heavy atom. The van der Waals surface area contributed by atoms with Crippen molar-refractivity contribution in [2.75, 3.05) is 18.2 Å². The molecule has 130 valence electrons. The number of nitrogens with two attached hydrogens (primary N) is 1. The second kappa shape index (κ2) is 6.19. The number of aromatic amines is 1.